The SMILES string of the molecule is CCOC(=O)n1nc(CC(=O)c2ccc(CN3CCCCC3)cc2)c2cc(C(=O)NC(C)(C)c3ccccc3)sc21. The molecule has 0 saturated carbocycles. The normalized spacial score (nSPS) is 14.2. The number of ketones is 1. The third-order valence-electron chi connectivity index (χ3n) is 7.48. The Bertz CT molecular complexity index is 1530. The third kappa shape index (κ3) is 6.57. The Morgan fingerprint density at radius 2 is 1.71 bits per heavy atom. The van der Waals surface area contributed by atoms with E-state index in [0.717, 1.165) is 41.2 Å². The Morgan fingerprint density at radius 1 is 1.00 bits per heavy atom. The molecule has 5 rings (SSSR count). The van der Waals surface area contributed by atoms with Crippen molar-refractivity contribution in [2.75, 3.05) is 19.7 Å². The van der Waals surface area contributed by atoms with Crippen molar-refractivity contribution in [3.8, 4) is 0 Å². The summed E-state index contributed by atoms with van der Waals surface area (Å²) in [6.45, 7) is 8.90. The summed E-state index contributed by atoms with van der Waals surface area (Å²) in [6, 6.07) is 19.2. The highest BCUT2D eigenvalue weighted by Crippen LogP contribution is 2.31. The van der Waals surface area contributed by atoms with Crippen LogP contribution < -0.4 is 5.32 Å². The van der Waals surface area contributed by atoms with E-state index in [9.17, 15) is 14.4 Å². The number of carbonyl (C=O) groups is 3. The standard InChI is InChI=1S/C32H36N4O4S/c1-4-40-31(39)36-30-25(19-28(41-30)29(38)33-32(2,3)24-11-7-5-8-12-24)26(34-36)20-27(37)23-15-13-22(14-16-23)21-35-17-9-6-10-18-35/h5,7-8,11-16,19H,4,6,9-10,17-18,20-21H2,1-3H3,(H,33,38). The molecular formula is C32H36N4O4S. The lowest BCUT2D eigenvalue weighted by Gasteiger charge is -2.26. The predicted octanol–water partition coefficient (Wildman–Crippen LogP) is 6.18. The van der Waals surface area contributed by atoms with E-state index in [4.69, 9.17) is 4.74 Å². The fourth-order valence-electron chi connectivity index (χ4n) is 5.21. The molecule has 0 atom stereocenters. The minimum Gasteiger partial charge on any atom is -0.448 e. The monoisotopic (exact) mass is 572 g/mol. The summed E-state index contributed by atoms with van der Waals surface area (Å²) in [5.74, 6) is -0.371. The number of Topliss-reactive ketones (excluding diaryl/α,β-unsaturated/α-hetero) is 1. The van der Waals surface area contributed by atoms with Gasteiger partial charge in [-0.3, -0.25) is 14.5 Å². The summed E-state index contributed by atoms with van der Waals surface area (Å²) in [4.78, 5) is 42.7. The first-order chi connectivity index (χ1) is 19.7. The van der Waals surface area contributed by atoms with Gasteiger partial charge in [0.2, 0.25) is 0 Å². The van der Waals surface area contributed by atoms with Gasteiger partial charge in [0.25, 0.3) is 5.91 Å². The van der Waals surface area contributed by atoms with Crippen LogP contribution in [0.4, 0.5) is 4.79 Å². The van der Waals surface area contributed by atoms with E-state index in [-0.39, 0.29) is 24.7 Å². The first-order valence-electron chi connectivity index (χ1n) is 14.2. The van der Waals surface area contributed by atoms with Crippen LogP contribution in [0.15, 0.2) is 60.7 Å². The second-order valence-electron chi connectivity index (χ2n) is 11.0. The van der Waals surface area contributed by atoms with Crippen LogP contribution in [-0.2, 0) is 23.2 Å². The quantitative estimate of drug-likeness (QED) is 0.241. The number of ether oxygens (including phenoxy) is 1. The number of amides is 1. The maximum absolute atomic E-state index is 13.3. The van der Waals surface area contributed by atoms with Crippen molar-refractivity contribution < 1.29 is 19.1 Å². The summed E-state index contributed by atoms with van der Waals surface area (Å²) in [5, 5.41) is 8.13. The van der Waals surface area contributed by atoms with Crippen molar-refractivity contribution in [1.82, 2.24) is 20.0 Å². The molecule has 1 amide bonds. The molecule has 0 spiro atoms. The molecule has 0 unspecified atom stereocenters. The van der Waals surface area contributed by atoms with E-state index in [1.165, 1.54) is 24.8 Å². The van der Waals surface area contributed by atoms with E-state index in [1.54, 1.807) is 13.0 Å². The highest BCUT2D eigenvalue weighted by Gasteiger charge is 2.27. The third-order valence-corrected chi connectivity index (χ3v) is 8.59. The number of carbonyl (C=O) groups excluding carboxylic acids is 3. The van der Waals surface area contributed by atoms with Gasteiger partial charge in [0, 0.05) is 17.5 Å². The van der Waals surface area contributed by atoms with Crippen LogP contribution in [0, 0.1) is 0 Å². The summed E-state index contributed by atoms with van der Waals surface area (Å²) in [5.41, 5.74) is 2.57. The molecular weight excluding hydrogens is 536 g/mol. The minimum absolute atomic E-state index is 0.00166. The fraction of sp³-hybridized carbons (Fsp3) is 0.375. The van der Waals surface area contributed by atoms with Crippen LogP contribution in [0.25, 0.3) is 10.2 Å². The lowest BCUT2D eigenvalue weighted by atomic mass is 9.94. The van der Waals surface area contributed by atoms with Crippen LogP contribution in [0.1, 0.15) is 76.9 Å². The number of likely N-dealkylation sites (tertiary alicyclic amines) is 1. The Kier molecular flexibility index (Phi) is 8.65. The molecule has 3 heterocycles. The smallest absolute Gasteiger partial charge is 0.436 e. The largest absolute Gasteiger partial charge is 0.448 e. The Morgan fingerprint density at radius 3 is 2.39 bits per heavy atom. The van der Waals surface area contributed by atoms with E-state index in [2.05, 4.69) is 15.3 Å². The lowest BCUT2D eigenvalue weighted by Crippen LogP contribution is -2.40. The zero-order valence-corrected chi connectivity index (χ0v) is 24.6. The molecule has 41 heavy (non-hydrogen) atoms. The summed E-state index contributed by atoms with van der Waals surface area (Å²) in [7, 11) is 0. The number of fused-ring (bicyclic) bond motifs is 1. The minimum atomic E-state index is -0.642. The summed E-state index contributed by atoms with van der Waals surface area (Å²) in [6.07, 6.45) is 3.13. The molecule has 2 aromatic carbocycles. The van der Waals surface area contributed by atoms with Crippen molar-refractivity contribution in [2.45, 2.75) is 58.5 Å². The van der Waals surface area contributed by atoms with E-state index in [0.29, 0.717) is 26.4 Å². The molecule has 0 bridgehead atoms. The van der Waals surface area contributed by atoms with Gasteiger partial charge in [-0.1, -0.05) is 61.0 Å². The maximum atomic E-state index is 13.3. The lowest BCUT2D eigenvalue weighted by molar-refractivity contribution is 0.0915. The number of piperidine rings is 1. The van der Waals surface area contributed by atoms with Crippen LogP contribution in [0.3, 0.4) is 0 Å². The molecule has 0 radical (unpaired) electrons. The van der Waals surface area contributed by atoms with E-state index in [1.807, 2.05) is 68.4 Å². The molecule has 4 aromatic rings. The summed E-state index contributed by atoms with van der Waals surface area (Å²) >= 11 is 1.16. The van der Waals surface area contributed by atoms with Gasteiger partial charge in [0.05, 0.1) is 29.1 Å². The molecule has 1 N–H and O–H groups in total. The van der Waals surface area contributed by atoms with Crippen molar-refractivity contribution in [3.63, 3.8) is 0 Å². The van der Waals surface area contributed by atoms with Gasteiger partial charge in [-0.25, -0.2) is 4.79 Å². The average Bonchev–Trinajstić information content (AvgIpc) is 3.55. The number of nitrogens with one attached hydrogen (secondary N) is 1. The fourth-order valence-corrected chi connectivity index (χ4v) is 6.23. The highest BCUT2D eigenvalue weighted by molar-refractivity contribution is 7.20. The molecule has 8 nitrogen and oxygen atoms in total. The van der Waals surface area contributed by atoms with Crippen LogP contribution in [0.2, 0.25) is 0 Å². The molecule has 1 fully saturated rings. The van der Waals surface area contributed by atoms with Gasteiger partial charge in [0.1, 0.15) is 4.83 Å². The predicted molar refractivity (Wildman–Crippen MR) is 161 cm³/mol. The Labute approximate surface area is 244 Å². The van der Waals surface area contributed by atoms with Gasteiger partial charge < -0.3 is 10.1 Å². The number of benzene rings is 2. The number of hydrogen-bond acceptors (Lipinski definition) is 7. The maximum Gasteiger partial charge on any atom is 0.436 e. The second kappa shape index (κ2) is 12.4. The molecule has 9 heteroatoms. The number of rotatable bonds is 9. The van der Waals surface area contributed by atoms with Crippen molar-refractivity contribution in [1.29, 1.82) is 0 Å². The van der Waals surface area contributed by atoms with Gasteiger partial charge in [-0.15, -0.1) is 11.3 Å². The molecule has 214 valence electrons. The molecule has 0 aliphatic carbocycles. The molecule has 2 aromatic heterocycles. The van der Waals surface area contributed by atoms with Crippen LogP contribution >= 0.6 is 11.3 Å². The van der Waals surface area contributed by atoms with Crippen molar-refractivity contribution in [2.24, 2.45) is 0 Å². The average molecular weight is 573 g/mol. The molecule has 1 aliphatic heterocycles. The highest BCUT2D eigenvalue weighted by atomic mass is 32.1. The van der Waals surface area contributed by atoms with Crippen molar-refractivity contribution in [3.05, 3.63) is 87.9 Å². The Hall–Kier alpha value is -3.82. The van der Waals surface area contributed by atoms with Crippen molar-refractivity contribution >= 4 is 39.3 Å². The van der Waals surface area contributed by atoms with Gasteiger partial charge in [0.15, 0.2) is 5.78 Å². The number of nitrogens with zero attached hydrogens (tertiary/aromatic N) is 3. The van der Waals surface area contributed by atoms with Gasteiger partial charge in [-0.05, 0) is 63.9 Å². The number of aromatic nitrogens is 2. The van der Waals surface area contributed by atoms with Crippen LogP contribution in [-0.4, -0.2) is 52.2 Å². The first kappa shape index (κ1) is 28.7. The van der Waals surface area contributed by atoms with Crippen LogP contribution in [0.5, 0.6) is 0 Å². The van der Waals surface area contributed by atoms with E-state index >= 15 is 0 Å². The molecule has 1 saturated heterocycles. The first-order valence-corrected chi connectivity index (χ1v) is 15.0. The van der Waals surface area contributed by atoms with E-state index < -0.39 is 11.6 Å². The van der Waals surface area contributed by atoms with Gasteiger partial charge in [-0.2, -0.15) is 9.78 Å². The number of thiophene rings is 1. The topological polar surface area (TPSA) is 93.5 Å². The zero-order valence-electron chi connectivity index (χ0n) is 23.8. The summed E-state index contributed by atoms with van der Waals surface area (Å²) < 4.78 is 6.36. The zero-order chi connectivity index (χ0) is 29.0. The number of hydrogen-bond donors (Lipinski definition) is 1. The Balaban J connectivity index is 1.37. The molecule has 1 aliphatic rings. The second-order valence-corrected chi connectivity index (χ2v) is 12.0. The van der Waals surface area contributed by atoms with Gasteiger partial charge >= 0.3 is 6.09 Å².